The van der Waals surface area contributed by atoms with Gasteiger partial charge in [-0.1, -0.05) is 37.1 Å². The number of hydrogen-bond acceptors (Lipinski definition) is 4. The van der Waals surface area contributed by atoms with E-state index < -0.39 is 10.0 Å². The van der Waals surface area contributed by atoms with Gasteiger partial charge in [0.05, 0.1) is 11.4 Å². The number of carbonyl (C=O) groups is 1. The van der Waals surface area contributed by atoms with E-state index in [0.717, 1.165) is 37.9 Å². The highest BCUT2D eigenvalue weighted by Gasteiger charge is 2.32. The molecule has 2 saturated heterocycles. The minimum absolute atomic E-state index is 0.190. The summed E-state index contributed by atoms with van der Waals surface area (Å²) in [7, 11) is -3.43. The van der Waals surface area contributed by atoms with Crippen LogP contribution >= 0.6 is 0 Å². The standard InChI is InChI=1S/C22H31N3O3S/c26-22(24-11-5-1-2-6-12-24)18-23-13-15-25(16-14-23)29(27,28)21-10-9-19-7-3-4-8-20(19)17-21/h3-4,7-8,17H,1-2,5-6,9-16,18H2. The van der Waals surface area contributed by atoms with E-state index in [1.54, 1.807) is 4.31 Å². The lowest BCUT2D eigenvalue weighted by molar-refractivity contribution is -0.132. The van der Waals surface area contributed by atoms with Crippen molar-refractivity contribution in [3.63, 3.8) is 0 Å². The molecule has 158 valence electrons. The van der Waals surface area contributed by atoms with Gasteiger partial charge in [-0.2, -0.15) is 4.31 Å². The minimum atomic E-state index is -3.43. The van der Waals surface area contributed by atoms with E-state index in [9.17, 15) is 13.2 Å². The Hall–Kier alpha value is -1.70. The van der Waals surface area contributed by atoms with Crippen LogP contribution in [0.15, 0.2) is 29.2 Å². The van der Waals surface area contributed by atoms with E-state index in [1.807, 2.05) is 29.2 Å². The maximum atomic E-state index is 13.1. The molecule has 6 nitrogen and oxygen atoms in total. The van der Waals surface area contributed by atoms with Gasteiger partial charge >= 0.3 is 0 Å². The number of benzene rings is 1. The smallest absolute Gasteiger partial charge is 0.239 e. The predicted molar refractivity (Wildman–Crippen MR) is 115 cm³/mol. The van der Waals surface area contributed by atoms with Gasteiger partial charge in [0, 0.05) is 39.3 Å². The Kier molecular flexibility index (Phi) is 6.37. The van der Waals surface area contributed by atoms with Crippen LogP contribution in [0.4, 0.5) is 0 Å². The first-order valence-corrected chi connectivity index (χ1v) is 12.3. The van der Waals surface area contributed by atoms with Gasteiger partial charge in [-0.3, -0.25) is 9.69 Å². The Labute approximate surface area is 174 Å². The molecule has 0 spiro atoms. The molecule has 1 aromatic rings. The number of piperazine rings is 1. The van der Waals surface area contributed by atoms with Gasteiger partial charge in [-0.05, 0) is 42.9 Å². The molecular formula is C22H31N3O3S. The highest BCUT2D eigenvalue weighted by atomic mass is 32.2. The fourth-order valence-corrected chi connectivity index (χ4v) is 6.13. The lowest BCUT2D eigenvalue weighted by atomic mass is 9.98. The summed E-state index contributed by atoms with van der Waals surface area (Å²) in [5.74, 6) is 0.190. The maximum absolute atomic E-state index is 13.1. The second-order valence-corrected chi connectivity index (χ2v) is 10.3. The molecule has 3 aliphatic rings. The molecule has 2 heterocycles. The van der Waals surface area contributed by atoms with Gasteiger partial charge in [-0.15, -0.1) is 0 Å². The van der Waals surface area contributed by atoms with Crippen molar-refractivity contribution in [2.75, 3.05) is 45.8 Å². The number of sulfonamides is 1. The van der Waals surface area contributed by atoms with Crippen LogP contribution in [0.3, 0.4) is 0 Å². The second kappa shape index (κ2) is 8.98. The lowest BCUT2D eigenvalue weighted by Gasteiger charge is -2.35. The summed E-state index contributed by atoms with van der Waals surface area (Å²) in [6.07, 6.45) is 7.77. The van der Waals surface area contributed by atoms with E-state index in [-0.39, 0.29) is 5.91 Å². The van der Waals surface area contributed by atoms with Crippen LogP contribution in [0.25, 0.3) is 6.08 Å². The summed E-state index contributed by atoms with van der Waals surface area (Å²) in [5.41, 5.74) is 2.22. The van der Waals surface area contributed by atoms with E-state index in [1.165, 1.54) is 18.4 Å². The summed E-state index contributed by atoms with van der Waals surface area (Å²) in [6, 6.07) is 8.00. The molecule has 0 unspecified atom stereocenters. The molecular weight excluding hydrogens is 386 g/mol. The van der Waals surface area contributed by atoms with Crippen LogP contribution < -0.4 is 0 Å². The molecule has 29 heavy (non-hydrogen) atoms. The molecule has 0 N–H and O–H groups in total. The second-order valence-electron chi connectivity index (χ2n) is 8.28. The van der Waals surface area contributed by atoms with Crippen molar-refractivity contribution in [1.29, 1.82) is 0 Å². The van der Waals surface area contributed by atoms with E-state index in [2.05, 4.69) is 11.0 Å². The first kappa shape index (κ1) is 20.6. The van der Waals surface area contributed by atoms with E-state index in [0.29, 0.717) is 44.0 Å². The van der Waals surface area contributed by atoms with Crippen LogP contribution in [0.5, 0.6) is 0 Å². The van der Waals surface area contributed by atoms with Crippen molar-refractivity contribution in [3.8, 4) is 0 Å². The number of fused-ring (bicyclic) bond motifs is 1. The third-order valence-electron chi connectivity index (χ3n) is 6.33. The van der Waals surface area contributed by atoms with E-state index in [4.69, 9.17) is 0 Å². The normalized spacial score (nSPS) is 21.9. The highest BCUT2D eigenvalue weighted by Crippen LogP contribution is 2.29. The molecule has 4 rings (SSSR count). The number of carbonyl (C=O) groups excluding carboxylic acids is 1. The minimum Gasteiger partial charge on any atom is -0.342 e. The molecule has 0 saturated carbocycles. The van der Waals surface area contributed by atoms with Gasteiger partial charge < -0.3 is 4.90 Å². The fourth-order valence-electron chi connectivity index (χ4n) is 4.51. The van der Waals surface area contributed by atoms with Gasteiger partial charge in [0.25, 0.3) is 0 Å². The highest BCUT2D eigenvalue weighted by molar-refractivity contribution is 7.93. The molecule has 0 atom stereocenters. The molecule has 0 radical (unpaired) electrons. The lowest BCUT2D eigenvalue weighted by Crippen LogP contribution is -2.51. The van der Waals surface area contributed by atoms with Crippen molar-refractivity contribution in [3.05, 3.63) is 40.3 Å². The Balaban J connectivity index is 1.34. The number of aryl methyl sites for hydroxylation is 1. The van der Waals surface area contributed by atoms with Gasteiger partial charge in [-0.25, -0.2) is 8.42 Å². The van der Waals surface area contributed by atoms with Gasteiger partial charge in [0.1, 0.15) is 0 Å². The van der Waals surface area contributed by atoms with Gasteiger partial charge in [0.15, 0.2) is 0 Å². The Morgan fingerprint density at radius 2 is 1.55 bits per heavy atom. The van der Waals surface area contributed by atoms with Crippen LogP contribution in [0.1, 0.15) is 43.2 Å². The summed E-state index contributed by atoms with van der Waals surface area (Å²) >= 11 is 0. The molecule has 2 fully saturated rings. The number of rotatable bonds is 4. The van der Waals surface area contributed by atoms with Crippen molar-refractivity contribution >= 4 is 22.0 Å². The topological polar surface area (TPSA) is 60.9 Å². The Morgan fingerprint density at radius 1 is 0.862 bits per heavy atom. The Morgan fingerprint density at radius 3 is 2.28 bits per heavy atom. The van der Waals surface area contributed by atoms with Crippen molar-refractivity contribution in [1.82, 2.24) is 14.1 Å². The number of allylic oxidation sites excluding steroid dienone is 1. The molecule has 2 aliphatic heterocycles. The number of nitrogens with zero attached hydrogens (tertiary/aromatic N) is 3. The molecule has 1 amide bonds. The Bertz CT molecular complexity index is 865. The van der Waals surface area contributed by atoms with Crippen LogP contribution in [-0.2, 0) is 21.2 Å². The monoisotopic (exact) mass is 417 g/mol. The van der Waals surface area contributed by atoms with Crippen molar-refractivity contribution in [2.45, 2.75) is 38.5 Å². The summed E-state index contributed by atoms with van der Waals surface area (Å²) in [5, 5.41) is 0. The fraction of sp³-hybridized carbons (Fsp3) is 0.591. The number of likely N-dealkylation sites (tertiary alicyclic amines) is 1. The zero-order valence-corrected chi connectivity index (χ0v) is 17.9. The SMILES string of the molecule is O=C(CN1CCN(S(=O)(=O)C2=Cc3ccccc3CC2)CC1)N1CCCCCC1. The number of hydrogen-bond donors (Lipinski definition) is 0. The maximum Gasteiger partial charge on any atom is 0.239 e. The quantitative estimate of drug-likeness (QED) is 0.754. The first-order chi connectivity index (χ1) is 14.0. The molecule has 1 aromatic carbocycles. The first-order valence-electron chi connectivity index (χ1n) is 10.8. The van der Waals surface area contributed by atoms with Crippen LogP contribution in [0.2, 0.25) is 0 Å². The molecule has 1 aliphatic carbocycles. The van der Waals surface area contributed by atoms with Crippen molar-refractivity contribution in [2.24, 2.45) is 0 Å². The summed E-state index contributed by atoms with van der Waals surface area (Å²) in [6.45, 7) is 4.27. The summed E-state index contributed by atoms with van der Waals surface area (Å²) < 4.78 is 27.9. The van der Waals surface area contributed by atoms with Crippen LogP contribution in [0, 0.1) is 0 Å². The molecule has 0 bridgehead atoms. The van der Waals surface area contributed by atoms with Crippen molar-refractivity contribution < 1.29 is 13.2 Å². The predicted octanol–water partition coefficient (Wildman–Crippen LogP) is 2.32. The largest absolute Gasteiger partial charge is 0.342 e. The zero-order chi connectivity index (χ0) is 20.3. The van der Waals surface area contributed by atoms with Crippen LogP contribution in [-0.4, -0.2) is 74.2 Å². The number of amides is 1. The van der Waals surface area contributed by atoms with E-state index >= 15 is 0 Å². The third-order valence-corrected chi connectivity index (χ3v) is 8.36. The molecule has 0 aromatic heterocycles. The average Bonchev–Trinajstić information content (AvgIpc) is 3.03. The summed E-state index contributed by atoms with van der Waals surface area (Å²) in [4.78, 5) is 17.2. The van der Waals surface area contributed by atoms with Gasteiger partial charge in [0.2, 0.25) is 15.9 Å². The third kappa shape index (κ3) is 4.73. The molecule has 7 heteroatoms. The zero-order valence-electron chi connectivity index (χ0n) is 17.1. The average molecular weight is 418 g/mol.